The minimum absolute atomic E-state index is 0. The van der Waals surface area contributed by atoms with Gasteiger partial charge >= 0.3 is 0 Å². The highest BCUT2D eigenvalue weighted by Crippen LogP contribution is 2.26. The lowest BCUT2D eigenvalue weighted by atomic mass is 9.95. The summed E-state index contributed by atoms with van der Waals surface area (Å²) in [5.74, 6) is 1.87. The van der Waals surface area contributed by atoms with E-state index in [0.717, 1.165) is 31.2 Å². The van der Waals surface area contributed by atoms with Gasteiger partial charge in [0.2, 0.25) is 0 Å². The lowest BCUT2D eigenvalue weighted by Gasteiger charge is -2.22. The number of aryl methyl sites for hydroxylation is 1. The van der Waals surface area contributed by atoms with Gasteiger partial charge in [0.25, 0.3) is 0 Å². The van der Waals surface area contributed by atoms with E-state index in [9.17, 15) is 0 Å². The molecule has 2 aliphatic rings. The SMILES string of the molecule is Cl.Cl.c1cc2c(cc1OCCCC1CCCNC1)NCCC2. The van der Waals surface area contributed by atoms with E-state index >= 15 is 0 Å². The maximum absolute atomic E-state index is 5.90. The van der Waals surface area contributed by atoms with Crippen molar-refractivity contribution in [1.29, 1.82) is 0 Å². The summed E-state index contributed by atoms with van der Waals surface area (Å²) in [6, 6.07) is 6.49. The van der Waals surface area contributed by atoms with Crippen LogP contribution in [0.1, 0.15) is 37.7 Å². The summed E-state index contributed by atoms with van der Waals surface area (Å²) in [6.07, 6.45) is 7.60. The Kier molecular flexibility index (Phi) is 8.99. The van der Waals surface area contributed by atoms with Crippen LogP contribution in [-0.2, 0) is 6.42 Å². The molecule has 1 atom stereocenters. The highest BCUT2D eigenvalue weighted by Gasteiger charge is 2.12. The lowest BCUT2D eigenvalue weighted by Crippen LogP contribution is -2.29. The summed E-state index contributed by atoms with van der Waals surface area (Å²) in [5.41, 5.74) is 2.70. The van der Waals surface area contributed by atoms with Crippen LogP contribution in [0.15, 0.2) is 18.2 Å². The first kappa shape index (κ1) is 19.4. The Morgan fingerprint density at radius 1 is 1.14 bits per heavy atom. The predicted octanol–water partition coefficient (Wildman–Crippen LogP) is 4.05. The first-order valence-electron chi connectivity index (χ1n) is 8.12. The smallest absolute Gasteiger partial charge is 0.121 e. The first-order valence-corrected chi connectivity index (χ1v) is 8.12. The van der Waals surface area contributed by atoms with E-state index in [4.69, 9.17) is 4.74 Å². The molecular formula is C17H28Cl2N2O. The molecule has 1 fully saturated rings. The van der Waals surface area contributed by atoms with Crippen molar-refractivity contribution in [3.05, 3.63) is 23.8 Å². The number of anilines is 1. The number of ether oxygens (including phenoxy) is 1. The van der Waals surface area contributed by atoms with Gasteiger partial charge in [-0.3, -0.25) is 0 Å². The van der Waals surface area contributed by atoms with Gasteiger partial charge in [0.15, 0.2) is 0 Å². The molecule has 126 valence electrons. The van der Waals surface area contributed by atoms with Crippen molar-refractivity contribution in [3.63, 3.8) is 0 Å². The summed E-state index contributed by atoms with van der Waals surface area (Å²) in [5, 5.41) is 6.94. The van der Waals surface area contributed by atoms with Crippen LogP contribution in [0.4, 0.5) is 5.69 Å². The molecule has 1 unspecified atom stereocenters. The number of nitrogens with one attached hydrogen (secondary N) is 2. The number of fused-ring (bicyclic) bond motifs is 1. The molecule has 0 aliphatic carbocycles. The van der Waals surface area contributed by atoms with Crippen molar-refractivity contribution in [2.75, 3.05) is 31.6 Å². The molecular weight excluding hydrogens is 319 g/mol. The van der Waals surface area contributed by atoms with E-state index < -0.39 is 0 Å². The molecule has 1 aromatic rings. The number of rotatable bonds is 5. The maximum atomic E-state index is 5.90. The summed E-state index contributed by atoms with van der Waals surface area (Å²) in [4.78, 5) is 0. The zero-order valence-electron chi connectivity index (χ0n) is 13.1. The molecule has 3 nitrogen and oxygen atoms in total. The molecule has 0 bridgehead atoms. The fraction of sp³-hybridized carbons (Fsp3) is 0.647. The van der Waals surface area contributed by atoms with E-state index in [-0.39, 0.29) is 24.8 Å². The molecule has 3 rings (SSSR count). The third-order valence-electron chi connectivity index (χ3n) is 4.44. The maximum Gasteiger partial charge on any atom is 0.121 e. The van der Waals surface area contributed by atoms with E-state index in [1.807, 2.05) is 0 Å². The van der Waals surface area contributed by atoms with Gasteiger partial charge in [0.1, 0.15) is 5.75 Å². The van der Waals surface area contributed by atoms with Crippen molar-refractivity contribution < 1.29 is 4.74 Å². The average molecular weight is 347 g/mol. The van der Waals surface area contributed by atoms with E-state index in [0.29, 0.717) is 0 Å². The Bertz CT molecular complexity index is 437. The molecule has 5 heteroatoms. The second kappa shape index (κ2) is 10.2. The first-order chi connectivity index (χ1) is 9.92. The van der Waals surface area contributed by atoms with Gasteiger partial charge < -0.3 is 15.4 Å². The molecule has 0 amide bonds. The van der Waals surface area contributed by atoms with Crippen molar-refractivity contribution in [1.82, 2.24) is 5.32 Å². The summed E-state index contributed by atoms with van der Waals surface area (Å²) >= 11 is 0. The molecule has 22 heavy (non-hydrogen) atoms. The Labute approximate surface area is 146 Å². The van der Waals surface area contributed by atoms with Crippen LogP contribution in [0.25, 0.3) is 0 Å². The fourth-order valence-electron chi connectivity index (χ4n) is 3.26. The number of piperidine rings is 1. The highest BCUT2D eigenvalue weighted by molar-refractivity contribution is 5.85. The predicted molar refractivity (Wildman–Crippen MR) is 98.1 cm³/mol. The minimum Gasteiger partial charge on any atom is -0.494 e. The zero-order valence-corrected chi connectivity index (χ0v) is 14.7. The van der Waals surface area contributed by atoms with E-state index in [1.54, 1.807) is 0 Å². The normalized spacial score (nSPS) is 19.9. The standard InChI is InChI=1S/C17H26N2O.2ClH/c1-4-14(13-18-9-1)5-3-11-20-16-8-7-15-6-2-10-19-17(15)12-16;;/h7-8,12,14,18-19H,1-6,9-11,13H2;2*1H. The van der Waals surface area contributed by atoms with Crippen LogP contribution in [0.3, 0.4) is 0 Å². The van der Waals surface area contributed by atoms with Crippen LogP contribution in [-0.4, -0.2) is 26.2 Å². The van der Waals surface area contributed by atoms with Crippen LogP contribution >= 0.6 is 24.8 Å². The molecule has 1 saturated heterocycles. The van der Waals surface area contributed by atoms with E-state index in [1.165, 1.54) is 56.4 Å². The van der Waals surface area contributed by atoms with Gasteiger partial charge in [0.05, 0.1) is 6.61 Å². The third-order valence-corrected chi connectivity index (χ3v) is 4.44. The Hall–Kier alpha value is -0.640. The quantitative estimate of drug-likeness (QED) is 0.789. The molecule has 0 saturated carbocycles. The van der Waals surface area contributed by atoms with E-state index in [2.05, 4.69) is 28.8 Å². The molecule has 0 aromatic heterocycles. The molecule has 0 spiro atoms. The van der Waals surface area contributed by atoms with Crippen molar-refractivity contribution in [2.24, 2.45) is 5.92 Å². The third kappa shape index (κ3) is 5.53. The van der Waals surface area contributed by atoms with Gasteiger partial charge in [-0.15, -0.1) is 24.8 Å². The van der Waals surface area contributed by atoms with Gasteiger partial charge in [-0.1, -0.05) is 6.07 Å². The molecule has 0 radical (unpaired) electrons. The summed E-state index contributed by atoms with van der Waals surface area (Å²) < 4.78 is 5.90. The number of hydrogen-bond donors (Lipinski definition) is 2. The topological polar surface area (TPSA) is 33.3 Å². The van der Waals surface area contributed by atoms with Gasteiger partial charge in [-0.05, 0) is 69.2 Å². The molecule has 1 aromatic carbocycles. The van der Waals surface area contributed by atoms with Crippen molar-refractivity contribution >= 4 is 30.5 Å². The highest BCUT2D eigenvalue weighted by atomic mass is 35.5. The zero-order chi connectivity index (χ0) is 13.6. The Balaban J connectivity index is 0.00000121. The largest absolute Gasteiger partial charge is 0.494 e. The lowest BCUT2D eigenvalue weighted by molar-refractivity contribution is 0.275. The minimum atomic E-state index is 0. The number of halogens is 2. The Morgan fingerprint density at radius 3 is 2.86 bits per heavy atom. The summed E-state index contributed by atoms with van der Waals surface area (Å²) in [7, 11) is 0. The average Bonchev–Trinajstić information content (AvgIpc) is 2.52. The fourth-order valence-corrected chi connectivity index (χ4v) is 3.26. The van der Waals surface area contributed by atoms with Crippen molar-refractivity contribution in [3.8, 4) is 5.75 Å². The Morgan fingerprint density at radius 2 is 2.05 bits per heavy atom. The van der Waals surface area contributed by atoms with Crippen LogP contribution in [0.5, 0.6) is 5.75 Å². The van der Waals surface area contributed by atoms with Crippen LogP contribution in [0.2, 0.25) is 0 Å². The molecule has 2 N–H and O–H groups in total. The molecule has 2 heterocycles. The van der Waals surface area contributed by atoms with Crippen molar-refractivity contribution in [2.45, 2.75) is 38.5 Å². The van der Waals surface area contributed by atoms with Crippen LogP contribution in [0, 0.1) is 5.92 Å². The second-order valence-electron chi connectivity index (χ2n) is 6.05. The second-order valence-corrected chi connectivity index (χ2v) is 6.05. The molecule has 2 aliphatic heterocycles. The number of hydrogen-bond acceptors (Lipinski definition) is 3. The number of benzene rings is 1. The monoisotopic (exact) mass is 346 g/mol. The van der Waals surface area contributed by atoms with Gasteiger partial charge in [-0.25, -0.2) is 0 Å². The van der Waals surface area contributed by atoms with Crippen LogP contribution < -0.4 is 15.4 Å². The van der Waals surface area contributed by atoms with Gasteiger partial charge in [-0.2, -0.15) is 0 Å². The van der Waals surface area contributed by atoms with Gasteiger partial charge in [0, 0.05) is 18.3 Å². The summed E-state index contributed by atoms with van der Waals surface area (Å²) in [6.45, 7) is 4.33.